The lowest BCUT2D eigenvalue weighted by atomic mass is 9.85. The Morgan fingerprint density at radius 1 is 1.16 bits per heavy atom. The van der Waals surface area contributed by atoms with Crippen molar-refractivity contribution in [2.24, 2.45) is 11.8 Å². The summed E-state index contributed by atoms with van der Waals surface area (Å²) < 4.78 is 5.40. The van der Waals surface area contributed by atoms with E-state index in [1.165, 1.54) is 4.90 Å². The van der Waals surface area contributed by atoms with Gasteiger partial charge in [-0.2, -0.15) is 0 Å². The van der Waals surface area contributed by atoms with Crippen LogP contribution in [0.1, 0.15) is 12.8 Å². The van der Waals surface area contributed by atoms with E-state index in [4.69, 9.17) is 4.74 Å². The maximum Gasteiger partial charge on any atom is 0.260 e. The third-order valence-electron chi connectivity index (χ3n) is 5.12. The predicted octanol–water partition coefficient (Wildman–Crippen LogP) is 0.622. The summed E-state index contributed by atoms with van der Waals surface area (Å²) in [5, 5.41) is 0. The van der Waals surface area contributed by atoms with Crippen LogP contribution < -0.4 is 4.74 Å². The van der Waals surface area contributed by atoms with E-state index >= 15 is 0 Å². The molecule has 130 valence electrons. The second-order valence-electron chi connectivity index (χ2n) is 6.63. The van der Waals surface area contributed by atoms with Gasteiger partial charge in [-0.15, -0.1) is 0 Å². The Kier molecular flexibility index (Phi) is 3.99. The number of carbonyl (C=O) groups excluding carboxylic acids is 3. The Morgan fingerprint density at radius 2 is 1.84 bits per heavy atom. The number of ether oxygens (including phenoxy) is 1. The van der Waals surface area contributed by atoms with Crippen LogP contribution in [0.5, 0.6) is 5.75 Å². The molecule has 0 bridgehead atoms. The molecule has 2 aliphatic heterocycles. The third kappa shape index (κ3) is 2.79. The van der Waals surface area contributed by atoms with Crippen molar-refractivity contribution < 1.29 is 19.1 Å². The summed E-state index contributed by atoms with van der Waals surface area (Å²) in [7, 11) is 0. The second-order valence-corrected chi connectivity index (χ2v) is 6.63. The summed E-state index contributed by atoms with van der Waals surface area (Å²) in [5.74, 6) is -0.203. The topological polar surface area (TPSA) is 79.8 Å². The zero-order valence-corrected chi connectivity index (χ0v) is 13.7. The number of likely N-dealkylation sites (tertiary alicyclic amines) is 2. The van der Waals surface area contributed by atoms with Crippen molar-refractivity contribution in [3.8, 4) is 5.75 Å². The first-order chi connectivity index (χ1) is 12.1. The molecule has 4 rings (SSSR count). The number of hydrogen-bond donors (Lipinski definition) is 0. The molecule has 0 spiro atoms. The minimum atomic E-state index is -0.212. The number of rotatable bonds is 4. The SMILES string of the molecule is O=C(COc1cccnc1)N1CC(N2C(=O)C3CC=CCC3C2=O)C1. The van der Waals surface area contributed by atoms with Crippen molar-refractivity contribution in [2.75, 3.05) is 19.7 Å². The Bertz CT molecular complexity index is 701. The zero-order valence-electron chi connectivity index (χ0n) is 13.7. The summed E-state index contributed by atoms with van der Waals surface area (Å²) >= 11 is 0. The molecule has 0 N–H and O–H groups in total. The summed E-state index contributed by atoms with van der Waals surface area (Å²) in [6.07, 6.45) is 8.40. The molecule has 0 saturated carbocycles. The highest BCUT2D eigenvalue weighted by atomic mass is 16.5. The molecule has 7 heteroatoms. The van der Waals surface area contributed by atoms with Crippen LogP contribution in [0.15, 0.2) is 36.7 Å². The monoisotopic (exact) mass is 341 g/mol. The van der Waals surface area contributed by atoms with E-state index in [-0.39, 0.29) is 42.2 Å². The molecule has 2 fully saturated rings. The van der Waals surface area contributed by atoms with E-state index < -0.39 is 0 Å². The largest absolute Gasteiger partial charge is 0.482 e. The standard InChI is InChI=1S/C18H19N3O4/c22-16(11-25-13-4-3-7-19-8-13)20-9-12(10-20)21-17(23)14-5-1-2-6-15(14)18(21)24/h1-4,7-8,12,14-15H,5-6,9-11H2. The number of amides is 3. The van der Waals surface area contributed by atoms with Crippen molar-refractivity contribution in [1.29, 1.82) is 0 Å². The van der Waals surface area contributed by atoms with Gasteiger partial charge in [0, 0.05) is 19.3 Å². The van der Waals surface area contributed by atoms with E-state index in [9.17, 15) is 14.4 Å². The molecule has 7 nitrogen and oxygen atoms in total. The van der Waals surface area contributed by atoms with Gasteiger partial charge in [0.05, 0.1) is 24.1 Å². The number of carbonyl (C=O) groups is 3. The fourth-order valence-corrected chi connectivity index (χ4v) is 3.68. The summed E-state index contributed by atoms with van der Waals surface area (Å²) in [6, 6.07) is 3.27. The average molecular weight is 341 g/mol. The van der Waals surface area contributed by atoms with Crippen molar-refractivity contribution in [3.05, 3.63) is 36.7 Å². The minimum Gasteiger partial charge on any atom is -0.482 e. The van der Waals surface area contributed by atoms with Gasteiger partial charge in [0.2, 0.25) is 11.8 Å². The first-order valence-electron chi connectivity index (χ1n) is 8.47. The van der Waals surface area contributed by atoms with Gasteiger partial charge in [-0.1, -0.05) is 12.2 Å². The minimum absolute atomic E-state index is 0.0739. The Labute approximate surface area is 145 Å². The third-order valence-corrected chi connectivity index (χ3v) is 5.12. The van der Waals surface area contributed by atoms with Gasteiger partial charge in [-0.3, -0.25) is 24.3 Å². The molecule has 25 heavy (non-hydrogen) atoms. The highest BCUT2D eigenvalue weighted by molar-refractivity contribution is 6.06. The first-order valence-corrected chi connectivity index (χ1v) is 8.47. The Balaban J connectivity index is 1.31. The molecule has 0 radical (unpaired) electrons. The number of imide groups is 1. The molecule has 2 atom stereocenters. The number of pyridine rings is 1. The smallest absolute Gasteiger partial charge is 0.260 e. The van der Waals surface area contributed by atoms with Crippen LogP contribution in [0.3, 0.4) is 0 Å². The van der Waals surface area contributed by atoms with Gasteiger partial charge in [0.15, 0.2) is 6.61 Å². The van der Waals surface area contributed by atoms with Crippen molar-refractivity contribution >= 4 is 17.7 Å². The fourth-order valence-electron chi connectivity index (χ4n) is 3.68. The van der Waals surface area contributed by atoms with Gasteiger partial charge in [-0.25, -0.2) is 0 Å². The molecule has 1 aromatic heterocycles. The lowest BCUT2D eigenvalue weighted by Gasteiger charge is -2.43. The van der Waals surface area contributed by atoms with E-state index in [1.54, 1.807) is 29.4 Å². The molecule has 3 heterocycles. The van der Waals surface area contributed by atoms with Gasteiger partial charge in [0.1, 0.15) is 5.75 Å². The molecule has 1 aromatic rings. The molecule has 3 aliphatic rings. The Hall–Kier alpha value is -2.70. The Morgan fingerprint density at radius 3 is 2.44 bits per heavy atom. The quantitative estimate of drug-likeness (QED) is 0.593. The average Bonchev–Trinajstić information content (AvgIpc) is 2.85. The predicted molar refractivity (Wildman–Crippen MR) is 87.3 cm³/mol. The normalized spacial score (nSPS) is 25.8. The summed E-state index contributed by atoms with van der Waals surface area (Å²) in [5.41, 5.74) is 0. The lowest BCUT2D eigenvalue weighted by molar-refractivity contribution is -0.153. The van der Waals surface area contributed by atoms with Crippen LogP contribution in [0.4, 0.5) is 0 Å². The number of fused-ring (bicyclic) bond motifs is 1. The van der Waals surface area contributed by atoms with Gasteiger partial charge < -0.3 is 9.64 Å². The van der Waals surface area contributed by atoms with Crippen molar-refractivity contribution in [1.82, 2.24) is 14.8 Å². The number of aromatic nitrogens is 1. The van der Waals surface area contributed by atoms with Gasteiger partial charge in [0.25, 0.3) is 5.91 Å². The van der Waals surface area contributed by atoms with Crippen LogP contribution in [-0.2, 0) is 14.4 Å². The molecule has 3 amide bonds. The number of nitrogens with zero attached hydrogens (tertiary/aromatic N) is 3. The van der Waals surface area contributed by atoms with Gasteiger partial charge in [-0.05, 0) is 25.0 Å². The molecule has 2 unspecified atom stereocenters. The van der Waals surface area contributed by atoms with Crippen LogP contribution in [0.2, 0.25) is 0 Å². The van der Waals surface area contributed by atoms with E-state index in [0.29, 0.717) is 31.7 Å². The summed E-state index contributed by atoms with van der Waals surface area (Å²) in [6.45, 7) is 0.703. The molecule has 0 aromatic carbocycles. The van der Waals surface area contributed by atoms with Crippen molar-refractivity contribution in [2.45, 2.75) is 18.9 Å². The molecule has 2 saturated heterocycles. The molecular weight excluding hydrogens is 322 g/mol. The van der Waals surface area contributed by atoms with Crippen LogP contribution in [0.25, 0.3) is 0 Å². The number of allylic oxidation sites excluding steroid dienone is 2. The summed E-state index contributed by atoms with van der Waals surface area (Å²) in [4.78, 5) is 44.1. The van der Waals surface area contributed by atoms with E-state index in [0.717, 1.165) is 0 Å². The van der Waals surface area contributed by atoms with Gasteiger partial charge >= 0.3 is 0 Å². The maximum atomic E-state index is 12.5. The second kappa shape index (κ2) is 6.31. The maximum absolute atomic E-state index is 12.5. The number of hydrogen-bond acceptors (Lipinski definition) is 5. The van der Waals surface area contributed by atoms with Crippen LogP contribution in [-0.4, -0.2) is 58.2 Å². The zero-order chi connectivity index (χ0) is 17.4. The highest BCUT2D eigenvalue weighted by Gasteiger charge is 2.52. The van der Waals surface area contributed by atoms with E-state index in [1.807, 2.05) is 12.2 Å². The lowest BCUT2D eigenvalue weighted by Crippen LogP contribution is -2.63. The fraction of sp³-hybridized carbons (Fsp3) is 0.444. The van der Waals surface area contributed by atoms with E-state index in [2.05, 4.69) is 4.98 Å². The van der Waals surface area contributed by atoms with Crippen molar-refractivity contribution in [3.63, 3.8) is 0 Å². The molecule has 1 aliphatic carbocycles. The van der Waals surface area contributed by atoms with Crippen LogP contribution >= 0.6 is 0 Å². The first kappa shape index (κ1) is 15.8. The van der Waals surface area contributed by atoms with Crippen LogP contribution in [0, 0.1) is 11.8 Å². The molecular formula is C18H19N3O4. The highest BCUT2D eigenvalue weighted by Crippen LogP contribution is 2.37.